The van der Waals surface area contributed by atoms with Crippen molar-refractivity contribution in [1.29, 1.82) is 0 Å². The zero-order valence-electron chi connectivity index (χ0n) is 16.3. The Morgan fingerprint density at radius 2 is 2.14 bits per heavy atom. The van der Waals surface area contributed by atoms with Gasteiger partial charge < -0.3 is 9.72 Å². The van der Waals surface area contributed by atoms with E-state index in [1.807, 2.05) is 26.0 Å². The van der Waals surface area contributed by atoms with E-state index >= 15 is 0 Å². The molecule has 9 heteroatoms. The smallest absolute Gasteiger partial charge is 0.277 e. The van der Waals surface area contributed by atoms with Gasteiger partial charge in [-0.1, -0.05) is 25.0 Å². The third kappa shape index (κ3) is 3.70. The fraction of sp³-hybridized carbons (Fsp3) is 0.421. The average molecular weight is 381 g/mol. The number of nitrogens with one attached hydrogen (secondary N) is 1. The van der Waals surface area contributed by atoms with Crippen LogP contribution in [0.15, 0.2) is 28.1 Å². The molecule has 0 saturated heterocycles. The number of aromatic nitrogens is 4. The number of ether oxygens (including phenoxy) is 1. The lowest BCUT2D eigenvalue weighted by atomic mass is 10.1. The molecule has 3 rings (SSSR count). The van der Waals surface area contributed by atoms with Crippen molar-refractivity contribution in [3.8, 4) is 17.1 Å². The monoisotopic (exact) mass is 381 g/mol. The van der Waals surface area contributed by atoms with Gasteiger partial charge in [0.2, 0.25) is 0 Å². The number of hydrogen-bond acceptors (Lipinski definition) is 5. The van der Waals surface area contributed by atoms with Crippen LogP contribution in [0.25, 0.3) is 27.3 Å². The van der Waals surface area contributed by atoms with E-state index in [2.05, 4.69) is 32.0 Å². The summed E-state index contributed by atoms with van der Waals surface area (Å²) in [6, 6.07) is 5.44. The number of azide groups is 1. The lowest BCUT2D eigenvalue weighted by Crippen LogP contribution is -2.16. The van der Waals surface area contributed by atoms with E-state index in [1.165, 1.54) is 0 Å². The summed E-state index contributed by atoms with van der Waals surface area (Å²) in [5.74, 6) is 1.76. The number of benzene rings is 1. The third-order valence-electron chi connectivity index (χ3n) is 4.36. The van der Waals surface area contributed by atoms with Crippen molar-refractivity contribution in [2.75, 3.05) is 6.61 Å². The van der Waals surface area contributed by atoms with Crippen molar-refractivity contribution in [3.05, 3.63) is 56.1 Å². The Hall–Kier alpha value is -3.32. The molecule has 0 saturated carbocycles. The summed E-state index contributed by atoms with van der Waals surface area (Å²) in [7, 11) is 0. The normalized spacial score (nSPS) is 10.8. The Bertz CT molecular complexity index is 1090. The largest absolute Gasteiger partial charge is 0.493 e. The average Bonchev–Trinajstić information content (AvgIpc) is 3.06. The van der Waals surface area contributed by atoms with Gasteiger partial charge in [-0.25, -0.2) is 9.50 Å². The molecule has 0 atom stereocenters. The number of hydrogen-bond donors (Lipinski definition) is 1. The van der Waals surface area contributed by atoms with Crippen molar-refractivity contribution in [3.63, 3.8) is 0 Å². The molecule has 0 unspecified atom stereocenters. The van der Waals surface area contributed by atoms with Crippen molar-refractivity contribution in [1.82, 2.24) is 19.6 Å². The minimum absolute atomic E-state index is 0.203. The quantitative estimate of drug-likeness (QED) is 0.362. The van der Waals surface area contributed by atoms with Gasteiger partial charge in [0, 0.05) is 11.3 Å². The molecule has 28 heavy (non-hydrogen) atoms. The maximum absolute atomic E-state index is 12.8. The van der Waals surface area contributed by atoms with Crippen LogP contribution in [-0.2, 0) is 19.4 Å². The Labute approximate surface area is 162 Å². The van der Waals surface area contributed by atoms with Gasteiger partial charge >= 0.3 is 0 Å². The second-order valence-corrected chi connectivity index (χ2v) is 6.29. The second-order valence-electron chi connectivity index (χ2n) is 6.29. The fourth-order valence-electron chi connectivity index (χ4n) is 3.14. The molecule has 1 N–H and O–H groups in total. The SMILES string of the molecule is CCCc1nc(CC)c2c(=O)[nH]c(-c3cc(CN=[N+]=[N-])ccc3OCC)nn12. The molecule has 3 aromatic rings. The summed E-state index contributed by atoms with van der Waals surface area (Å²) in [6.45, 7) is 6.60. The second kappa shape index (κ2) is 8.58. The first kappa shape index (κ1) is 19.4. The highest BCUT2D eigenvalue weighted by atomic mass is 16.5. The van der Waals surface area contributed by atoms with E-state index in [0.29, 0.717) is 35.7 Å². The van der Waals surface area contributed by atoms with Crippen LogP contribution in [0.2, 0.25) is 0 Å². The molecule has 0 amide bonds. The molecule has 0 fully saturated rings. The summed E-state index contributed by atoms with van der Waals surface area (Å²) >= 11 is 0. The number of nitrogens with zero attached hydrogens (tertiary/aromatic N) is 6. The molecule has 9 nitrogen and oxygen atoms in total. The van der Waals surface area contributed by atoms with Gasteiger partial charge in [0.25, 0.3) is 5.56 Å². The van der Waals surface area contributed by atoms with Crippen molar-refractivity contribution >= 4 is 5.52 Å². The lowest BCUT2D eigenvalue weighted by molar-refractivity contribution is 0.341. The van der Waals surface area contributed by atoms with Crippen LogP contribution >= 0.6 is 0 Å². The topological polar surface area (TPSA) is 121 Å². The molecule has 0 aliphatic rings. The highest BCUT2D eigenvalue weighted by Crippen LogP contribution is 2.29. The third-order valence-corrected chi connectivity index (χ3v) is 4.36. The predicted molar refractivity (Wildman–Crippen MR) is 106 cm³/mol. The van der Waals surface area contributed by atoms with Gasteiger partial charge in [0.05, 0.1) is 24.4 Å². The fourth-order valence-corrected chi connectivity index (χ4v) is 3.14. The molecule has 2 aromatic heterocycles. The molecule has 1 aromatic carbocycles. The van der Waals surface area contributed by atoms with E-state index in [0.717, 1.165) is 29.9 Å². The van der Waals surface area contributed by atoms with Gasteiger partial charge in [-0.2, -0.15) is 0 Å². The highest BCUT2D eigenvalue weighted by Gasteiger charge is 2.18. The summed E-state index contributed by atoms with van der Waals surface area (Å²) in [5, 5.41) is 8.28. The minimum atomic E-state index is -0.236. The summed E-state index contributed by atoms with van der Waals surface area (Å²) in [6.07, 6.45) is 2.29. The Morgan fingerprint density at radius 1 is 1.32 bits per heavy atom. The first-order valence-corrected chi connectivity index (χ1v) is 9.40. The van der Waals surface area contributed by atoms with Gasteiger partial charge in [0.15, 0.2) is 11.3 Å². The van der Waals surface area contributed by atoms with Crippen LogP contribution in [0, 0.1) is 0 Å². The molecule has 0 radical (unpaired) electrons. The summed E-state index contributed by atoms with van der Waals surface area (Å²) in [5.41, 5.74) is 11.0. The molecule has 2 heterocycles. The van der Waals surface area contributed by atoms with Crippen LogP contribution in [0.5, 0.6) is 5.75 Å². The van der Waals surface area contributed by atoms with Crippen molar-refractivity contribution in [2.24, 2.45) is 5.11 Å². The number of H-pyrrole nitrogens is 1. The summed E-state index contributed by atoms with van der Waals surface area (Å²) < 4.78 is 7.36. The van der Waals surface area contributed by atoms with Crippen LogP contribution in [0.4, 0.5) is 0 Å². The van der Waals surface area contributed by atoms with Crippen LogP contribution in [0.3, 0.4) is 0 Å². The molecule has 0 aliphatic carbocycles. The highest BCUT2D eigenvalue weighted by molar-refractivity contribution is 5.66. The molecular weight excluding hydrogens is 358 g/mol. The maximum atomic E-state index is 12.8. The molecular formula is C19H23N7O2. The molecule has 0 bridgehead atoms. The number of aryl methyl sites for hydroxylation is 2. The molecule has 0 aliphatic heterocycles. The van der Waals surface area contributed by atoms with E-state index in [-0.39, 0.29) is 12.1 Å². The van der Waals surface area contributed by atoms with E-state index in [1.54, 1.807) is 10.6 Å². The Morgan fingerprint density at radius 3 is 2.82 bits per heavy atom. The molecule has 146 valence electrons. The first-order valence-electron chi connectivity index (χ1n) is 9.40. The van der Waals surface area contributed by atoms with Crippen LogP contribution < -0.4 is 10.3 Å². The molecule has 0 spiro atoms. The van der Waals surface area contributed by atoms with Gasteiger partial charge in [-0.05, 0) is 43.0 Å². The first-order chi connectivity index (χ1) is 13.6. The van der Waals surface area contributed by atoms with Gasteiger partial charge in [-0.3, -0.25) is 4.79 Å². The zero-order valence-corrected chi connectivity index (χ0v) is 16.3. The summed E-state index contributed by atoms with van der Waals surface area (Å²) in [4.78, 5) is 23.1. The minimum Gasteiger partial charge on any atom is -0.493 e. The van der Waals surface area contributed by atoms with E-state index in [9.17, 15) is 4.79 Å². The zero-order chi connectivity index (χ0) is 20.1. The van der Waals surface area contributed by atoms with Crippen molar-refractivity contribution < 1.29 is 4.74 Å². The van der Waals surface area contributed by atoms with E-state index in [4.69, 9.17) is 10.3 Å². The number of fused-ring (bicyclic) bond motifs is 1. The lowest BCUT2D eigenvalue weighted by Gasteiger charge is -2.11. The Balaban J connectivity index is 2.23. The number of imidazole rings is 1. The Kier molecular flexibility index (Phi) is 5.96. The van der Waals surface area contributed by atoms with Crippen molar-refractivity contribution in [2.45, 2.75) is 46.6 Å². The van der Waals surface area contributed by atoms with Gasteiger partial charge in [0.1, 0.15) is 11.6 Å². The predicted octanol–water partition coefficient (Wildman–Crippen LogP) is 3.81. The van der Waals surface area contributed by atoms with Crippen LogP contribution in [0.1, 0.15) is 44.3 Å². The standard InChI is InChI=1S/C19H23N7O2/c1-4-7-16-22-14(5-2)17-19(27)23-18(24-26(16)17)13-10-12(11-21-25-20)8-9-15(13)28-6-3/h8-10H,4-7,11H2,1-3H3,(H,23,24,27). The number of aromatic amines is 1. The maximum Gasteiger partial charge on any atom is 0.277 e. The number of rotatable bonds is 8. The van der Waals surface area contributed by atoms with E-state index < -0.39 is 0 Å². The van der Waals surface area contributed by atoms with Crippen LogP contribution in [-0.4, -0.2) is 26.2 Å². The van der Waals surface area contributed by atoms with Gasteiger partial charge in [-0.15, -0.1) is 5.10 Å².